The second-order valence-corrected chi connectivity index (χ2v) is 5.92. The van der Waals surface area contributed by atoms with Crippen molar-refractivity contribution in [1.82, 2.24) is 10.5 Å². The number of nitrogens with zero attached hydrogens (tertiary/aromatic N) is 1. The summed E-state index contributed by atoms with van der Waals surface area (Å²) in [6, 6.07) is 11.6. The number of carbonyl (C=O) groups excluding carboxylic acids is 1. The van der Waals surface area contributed by atoms with Crippen molar-refractivity contribution in [2.24, 2.45) is 0 Å². The lowest BCUT2D eigenvalue weighted by molar-refractivity contribution is 0.0950. The molecule has 0 aliphatic rings. The third-order valence-electron chi connectivity index (χ3n) is 3.27. The Labute approximate surface area is 144 Å². The van der Waals surface area contributed by atoms with E-state index in [2.05, 4.69) is 26.4 Å². The van der Waals surface area contributed by atoms with Crippen molar-refractivity contribution in [2.75, 3.05) is 0 Å². The first-order valence-corrected chi connectivity index (χ1v) is 7.77. The highest BCUT2D eigenvalue weighted by atomic mass is 79.9. The molecule has 1 heterocycles. The van der Waals surface area contributed by atoms with Crippen LogP contribution in [0.15, 0.2) is 57.5 Å². The lowest BCUT2D eigenvalue weighted by Gasteiger charge is -2.03. The molecule has 122 valence electrons. The van der Waals surface area contributed by atoms with Gasteiger partial charge < -0.3 is 9.84 Å². The van der Waals surface area contributed by atoms with Gasteiger partial charge in [-0.05, 0) is 30.3 Å². The molecule has 0 unspecified atom stereocenters. The van der Waals surface area contributed by atoms with Gasteiger partial charge in [-0.25, -0.2) is 8.78 Å². The molecule has 3 aromatic rings. The van der Waals surface area contributed by atoms with Crippen LogP contribution in [0.4, 0.5) is 8.78 Å². The third-order valence-corrected chi connectivity index (χ3v) is 3.77. The number of rotatable bonds is 4. The molecule has 0 radical (unpaired) electrons. The molecule has 0 spiro atoms. The molecule has 0 aliphatic carbocycles. The monoisotopic (exact) mass is 392 g/mol. The maximum Gasteiger partial charge on any atom is 0.251 e. The summed E-state index contributed by atoms with van der Waals surface area (Å²) in [5, 5.41) is 6.47. The Morgan fingerprint density at radius 2 is 2.00 bits per heavy atom. The SMILES string of the molecule is O=C(NCc1cc(-c2ccc(F)cc2F)on1)c1cccc(Br)c1. The number of halogens is 3. The van der Waals surface area contributed by atoms with E-state index in [4.69, 9.17) is 4.52 Å². The van der Waals surface area contributed by atoms with Crippen LogP contribution in [-0.4, -0.2) is 11.1 Å². The molecule has 0 saturated heterocycles. The van der Waals surface area contributed by atoms with Crippen molar-refractivity contribution >= 4 is 21.8 Å². The molecular formula is C17H11BrF2N2O2. The van der Waals surface area contributed by atoms with Crippen LogP contribution in [0, 0.1) is 11.6 Å². The number of hydrogen-bond donors (Lipinski definition) is 1. The van der Waals surface area contributed by atoms with Gasteiger partial charge in [0.15, 0.2) is 5.76 Å². The fourth-order valence-electron chi connectivity index (χ4n) is 2.11. The normalized spacial score (nSPS) is 10.6. The van der Waals surface area contributed by atoms with E-state index in [1.54, 1.807) is 18.2 Å². The van der Waals surface area contributed by atoms with E-state index in [-0.39, 0.29) is 23.8 Å². The molecule has 1 N–H and O–H groups in total. The molecule has 7 heteroatoms. The molecule has 1 aromatic heterocycles. The average Bonchev–Trinajstić information content (AvgIpc) is 3.01. The van der Waals surface area contributed by atoms with Gasteiger partial charge in [0.05, 0.1) is 12.1 Å². The fraction of sp³-hybridized carbons (Fsp3) is 0.0588. The molecule has 0 aliphatic heterocycles. The predicted molar refractivity (Wildman–Crippen MR) is 87.2 cm³/mol. The zero-order chi connectivity index (χ0) is 17.1. The Balaban J connectivity index is 1.69. The van der Waals surface area contributed by atoms with Gasteiger partial charge >= 0.3 is 0 Å². The quantitative estimate of drug-likeness (QED) is 0.719. The number of aromatic nitrogens is 1. The van der Waals surface area contributed by atoms with Crippen LogP contribution in [0.3, 0.4) is 0 Å². The highest BCUT2D eigenvalue weighted by Gasteiger charge is 2.13. The second kappa shape index (κ2) is 6.92. The third kappa shape index (κ3) is 3.68. The van der Waals surface area contributed by atoms with E-state index in [1.165, 1.54) is 12.1 Å². The summed E-state index contributed by atoms with van der Waals surface area (Å²) in [7, 11) is 0. The van der Waals surface area contributed by atoms with Crippen LogP contribution in [0.25, 0.3) is 11.3 Å². The first kappa shape index (κ1) is 16.3. The number of benzene rings is 2. The summed E-state index contributed by atoms with van der Waals surface area (Å²) in [5.74, 6) is -1.51. The minimum atomic E-state index is -0.740. The van der Waals surface area contributed by atoms with Gasteiger partial charge in [-0.2, -0.15) is 0 Å². The smallest absolute Gasteiger partial charge is 0.251 e. The summed E-state index contributed by atoms with van der Waals surface area (Å²) < 4.78 is 32.5. The highest BCUT2D eigenvalue weighted by molar-refractivity contribution is 9.10. The maximum absolute atomic E-state index is 13.7. The Kier molecular flexibility index (Phi) is 4.71. The van der Waals surface area contributed by atoms with Gasteiger partial charge in [0, 0.05) is 22.2 Å². The summed E-state index contributed by atoms with van der Waals surface area (Å²) in [4.78, 5) is 12.0. The lowest BCUT2D eigenvalue weighted by atomic mass is 10.1. The van der Waals surface area contributed by atoms with Crippen LogP contribution in [0.1, 0.15) is 16.1 Å². The van der Waals surface area contributed by atoms with Gasteiger partial charge in [0.1, 0.15) is 17.3 Å². The van der Waals surface area contributed by atoms with Crippen LogP contribution in [0.5, 0.6) is 0 Å². The van der Waals surface area contributed by atoms with Crippen LogP contribution < -0.4 is 5.32 Å². The zero-order valence-electron chi connectivity index (χ0n) is 12.2. The number of hydrogen-bond acceptors (Lipinski definition) is 3. The Morgan fingerprint density at radius 1 is 1.17 bits per heavy atom. The van der Waals surface area contributed by atoms with E-state index in [1.807, 2.05) is 6.07 Å². The molecule has 4 nitrogen and oxygen atoms in total. The van der Waals surface area contributed by atoms with Crippen molar-refractivity contribution in [3.63, 3.8) is 0 Å². The highest BCUT2D eigenvalue weighted by Crippen LogP contribution is 2.24. The van der Waals surface area contributed by atoms with Crippen molar-refractivity contribution in [3.8, 4) is 11.3 Å². The molecule has 24 heavy (non-hydrogen) atoms. The summed E-state index contributed by atoms with van der Waals surface area (Å²) >= 11 is 3.30. The summed E-state index contributed by atoms with van der Waals surface area (Å²) in [6.07, 6.45) is 0. The second-order valence-electron chi connectivity index (χ2n) is 5.00. The van der Waals surface area contributed by atoms with Crippen LogP contribution in [0.2, 0.25) is 0 Å². The van der Waals surface area contributed by atoms with Crippen molar-refractivity contribution < 1.29 is 18.1 Å². The fourth-order valence-corrected chi connectivity index (χ4v) is 2.51. The number of nitrogens with one attached hydrogen (secondary N) is 1. The van der Waals surface area contributed by atoms with E-state index < -0.39 is 11.6 Å². The summed E-state index contributed by atoms with van der Waals surface area (Å²) in [6.45, 7) is 0.123. The topological polar surface area (TPSA) is 55.1 Å². The van der Waals surface area contributed by atoms with Crippen molar-refractivity contribution in [2.45, 2.75) is 6.54 Å². The van der Waals surface area contributed by atoms with Gasteiger partial charge in [-0.1, -0.05) is 27.2 Å². The van der Waals surface area contributed by atoms with Gasteiger partial charge in [-0.15, -0.1) is 0 Å². The number of carbonyl (C=O) groups is 1. The lowest BCUT2D eigenvalue weighted by Crippen LogP contribution is -2.22. The molecule has 1 amide bonds. The minimum Gasteiger partial charge on any atom is -0.356 e. The van der Waals surface area contributed by atoms with Gasteiger partial charge in [0.25, 0.3) is 5.91 Å². The van der Waals surface area contributed by atoms with Gasteiger partial charge in [0.2, 0.25) is 0 Å². The Morgan fingerprint density at radius 3 is 2.75 bits per heavy atom. The molecule has 0 bridgehead atoms. The minimum absolute atomic E-state index is 0.105. The maximum atomic E-state index is 13.7. The molecule has 2 aromatic carbocycles. The van der Waals surface area contributed by atoms with Crippen molar-refractivity contribution in [3.05, 3.63) is 75.9 Å². The largest absolute Gasteiger partial charge is 0.356 e. The molecule has 0 fully saturated rings. The molecule has 3 rings (SSSR count). The van der Waals surface area contributed by atoms with Crippen molar-refractivity contribution in [1.29, 1.82) is 0 Å². The summed E-state index contributed by atoms with van der Waals surface area (Å²) in [5.41, 5.74) is 1.03. The Bertz CT molecular complexity index is 896. The Hall–Kier alpha value is -2.54. The standard InChI is InChI=1S/C17H11BrF2N2O2/c18-11-3-1-2-10(6-11)17(23)21-9-13-8-16(24-22-13)14-5-4-12(19)7-15(14)20/h1-8H,9H2,(H,21,23). The number of amides is 1. The predicted octanol–water partition coefficient (Wildman–Crippen LogP) is 4.31. The first-order valence-electron chi connectivity index (χ1n) is 6.98. The van der Waals surface area contributed by atoms with E-state index in [9.17, 15) is 13.6 Å². The average molecular weight is 393 g/mol. The van der Waals surface area contributed by atoms with Crippen LogP contribution in [-0.2, 0) is 6.54 Å². The molecular weight excluding hydrogens is 382 g/mol. The molecule has 0 atom stereocenters. The van der Waals surface area contributed by atoms with E-state index >= 15 is 0 Å². The van der Waals surface area contributed by atoms with Crippen LogP contribution >= 0.6 is 15.9 Å². The first-order chi connectivity index (χ1) is 11.5. The van der Waals surface area contributed by atoms with Gasteiger partial charge in [-0.3, -0.25) is 4.79 Å². The zero-order valence-corrected chi connectivity index (χ0v) is 13.8. The molecule has 0 saturated carbocycles. The van der Waals surface area contributed by atoms with E-state index in [0.29, 0.717) is 11.3 Å². The van der Waals surface area contributed by atoms with E-state index in [0.717, 1.165) is 16.6 Å².